The predicted octanol–water partition coefficient (Wildman–Crippen LogP) is 4.74. The standard InChI is InChI=1S/C36H36N6O2/c43-34(42-21-19-41(20-22-42)31-12-8-28(9-13-31)35-37-16-4-17-38-35)25-40-18-15-29(24-40)36(44)39-30-11-7-27-10-14-32(33(27)23-30)26-5-2-1-3-6-26/h1-9,11-14,16-17,23,29H,10,15,18-22,24-25H2,(H,39,44). The molecule has 4 aromatic rings. The number of carbonyl (C=O) groups is 2. The van der Waals surface area contributed by atoms with E-state index in [1.807, 2.05) is 35.2 Å². The summed E-state index contributed by atoms with van der Waals surface area (Å²) in [6, 6.07) is 26.7. The van der Waals surface area contributed by atoms with Crippen LogP contribution >= 0.6 is 0 Å². The van der Waals surface area contributed by atoms with Gasteiger partial charge in [-0.2, -0.15) is 0 Å². The first kappa shape index (κ1) is 28.0. The first-order chi connectivity index (χ1) is 21.6. The summed E-state index contributed by atoms with van der Waals surface area (Å²) in [6.07, 6.45) is 7.43. The number of nitrogens with one attached hydrogen (secondary N) is 1. The fourth-order valence-electron chi connectivity index (χ4n) is 6.51. The molecule has 1 aliphatic carbocycles. The number of rotatable bonds is 7. The molecule has 0 spiro atoms. The van der Waals surface area contributed by atoms with E-state index in [-0.39, 0.29) is 17.7 Å². The molecule has 8 heteroatoms. The van der Waals surface area contributed by atoms with E-state index in [1.54, 1.807) is 12.4 Å². The monoisotopic (exact) mass is 584 g/mol. The molecule has 8 nitrogen and oxygen atoms in total. The van der Waals surface area contributed by atoms with Crippen LogP contribution < -0.4 is 10.2 Å². The van der Waals surface area contributed by atoms with Crippen LogP contribution in [0.15, 0.2) is 97.3 Å². The Labute approximate surface area is 258 Å². The lowest BCUT2D eigenvalue weighted by atomic mass is 9.98. The molecule has 2 fully saturated rings. The van der Waals surface area contributed by atoms with Gasteiger partial charge in [0.1, 0.15) is 0 Å². The number of benzene rings is 3. The smallest absolute Gasteiger partial charge is 0.236 e. The average molecular weight is 585 g/mol. The van der Waals surface area contributed by atoms with E-state index in [1.165, 1.54) is 22.3 Å². The van der Waals surface area contributed by atoms with Gasteiger partial charge in [0.25, 0.3) is 0 Å². The Bertz CT molecular complexity index is 1660. The van der Waals surface area contributed by atoms with Crippen LogP contribution in [0.3, 0.4) is 0 Å². The van der Waals surface area contributed by atoms with Gasteiger partial charge in [0.15, 0.2) is 5.82 Å². The highest BCUT2D eigenvalue weighted by molar-refractivity contribution is 5.94. The van der Waals surface area contributed by atoms with E-state index in [4.69, 9.17) is 0 Å². The minimum atomic E-state index is -0.124. The number of anilines is 2. The maximum absolute atomic E-state index is 13.2. The van der Waals surface area contributed by atoms with Crippen molar-refractivity contribution in [1.29, 1.82) is 0 Å². The number of amides is 2. The van der Waals surface area contributed by atoms with Gasteiger partial charge in [-0.3, -0.25) is 14.5 Å². The highest BCUT2D eigenvalue weighted by Gasteiger charge is 2.31. The van der Waals surface area contributed by atoms with Gasteiger partial charge >= 0.3 is 0 Å². The number of hydrogen-bond acceptors (Lipinski definition) is 6. The van der Waals surface area contributed by atoms with Crippen molar-refractivity contribution in [2.24, 2.45) is 5.92 Å². The Kier molecular flexibility index (Phi) is 7.90. The first-order valence-electron chi connectivity index (χ1n) is 15.4. The first-order valence-corrected chi connectivity index (χ1v) is 15.4. The van der Waals surface area contributed by atoms with Crippen molar-refractivity contribution in [2.75, 3.05) is 56.0 Å². The molecular formula is C36H36N6O2. The van der Waals surface area contributed by atoms with Gasteiger partial charge < -0.3 is 15.1 Å². The number of nitrogens with zero attached hydrogens (tertiary/aromatic N) is 5. The number of allylic oxidation sites excluding steroid dienone is 1. The Morgan fingerprint density at radius 1 is 0.818 bits per heavy atom. The maximum atomic E-state index is 13.2. The molecular weight excluding hydrogens is 548 g/mol. The molecule has 0 saturated carbocycles. The van der Waals surface area contributed by atoms with Gasteiger partial charge in [-0.25, -0.2) is 9.97 Å². The van der Waals surface area contributed by atoms with Gasteiger partial charge in [-0.15, -0.1) is 0 Å². The molecule has 222 valence electrons. The average Bonchev–Trinajstić information content (AvgIpc) is 3.73. The van der Waals surface area contributed by atoms with Crippen LogP contribution in [0.4, 0.5) is 11.4 Å². The molecule has 3 heterocycles. The normalized spacial score (nSPS) is 18.2. The van der Waals surface area contributed by atoms with E-state index in [0.29, 0.717) is 32.0 Å². The number of hydrogen-bond donors (Lipinski definition) is 1. The largest absolute Gasteiger partial charge is 0.368 e. The van der Waals surface area contributed by atoms with Crippen molar-refractivity contribution in [3.05, 3.63) is 114 Å². The summed E-state index contributed by atoms with van der Waals surface area (Å²) in [4.78, 5) is 41.4. The molecule has 3 aromatic carbocycles. The topological polar surface area (TPSA) is 81.7 Å². The number of fused-ring (bicyclic) bond motifs is 1. The second-order valence-corrected chi connectivity index (χ2v) is 11.8. The molecule has 2 saturated heterocycles. The summed E-state index contributed by atoms with van der Waals surface area (Å²) < 4.78 is 0. The summed E-state index contributed by atoms with van der Waals surface area (Å²) in [5, 5.41) is 3.16. The fourth-order valence-corrected chi connectivity index (χ4v) is 6.51. The summed E-state index contributed by atoms with van der Waals surface area (Å²) in [6.45, 7) is 4.69. The predicted molar refractivity (Wildman–Crippen MR) is 173 cm³/mol. The van der Waals surface area contributed by atoms with E-state index < -0.39 is 0 Å². The van der Waals surface area contributed by atoms with E-state index in [2.05, 4.69) is 79.7 Å². The van der Waals surface area contributed by atoms with Crippen molar-refractivity contribution in [3.63, 3.8) is 0 Å². The molecule has 2 amide bonds. The van der Waals surface area contributed by atoms with E-state index in [0.717, 1.165) is 49.4 Å². The summed E-state index contributed by atoms with van der Waals surface area (Å²) in [5.74, 6) is 0.762. The van der Waals surface area contributed by atoms with Crippen LogP contribution in [-0.4, -0.2) is 77.4 Å². The molecule has 0 radical (unpaired) electrons. The number of carbonyl (C=O) groups excluding carboxylic acids is 2. The van der Waals surface area contributed by atoms with Crippen LogP contribution in [0, 0.1) is 5.92 Å². The number of likely N-dealkylation sites (tertiary alicyclic amines) is 1. The van der Waals surface area contributed by atoms with Crippen LogP contribution in [-0.2, 0) is 16.0 Å². The van der Waals surface area contributed by atoms with Crippen LogP contribution in [0.25, 0.3) is 17.0 Å². The molecule has 1 atom stereocenters. The maximum Gasteiger partial charge on any atom is 0.236 e. The fraction of sp³-hybridized carbons (Fsp3) is 0.278. The highest BCUT2D eigenvalue weighted by Crippen LogP contribution is 2.34. The zero-order chi connectivity index (χ0) is 29.9. The molecule has 44 heavy (non-hydrogen) atoms. The van der Waals surface area contributed by atoms with E-state index in [9.17, 15) is 9.59 Å². The van der Waals surface area contributed by atoms with Crippen LogP contribution in [0.1, 0.15) is 23.1 Å². The van der Waals surface area contributed by atoms with Gasteiger partial charge in [-0.1, -0.05) is 42.5 Å². The molecule has 1 N–H and O–H groups in total. The third kappa shape index (κ3) is 5.98. The van der Waals surface area contributed by atoms with Gasteiger partial charge in [0, 0.05) is 62.1 Å². The lowest BCUT2D eigenvalue weighted by Crippen LogP contribution is -2.51. The highest BCUT2D eigenvalue weighted by atomic mass is 16.2. The Balaban J connectivity index is 0.886. The van der Waals surface area contributed by atoms with E-state index >= 15 is 0 Å². The van der Waals surface area contributed by atoms with Crippen LogP contribution in [0.2, 0.25) is 0 Å². The quantitative estimate of drug-likeness (QED) is 0.338. The minimum absolute atomic E-state index is 0.0293. The molecule has 2 aliphatic heterocycles. The van der Waals surface area contributed by atoms with Gasteiger partial charge in [0.2, 0.25) is 11.8 Å². The Hall–Kier alpha value is -4.82. The Morgan fingerprint density at radius 3 is 2.36 bits per heavy atom. The Morgan fingerprint density at radius 2 is 1.59 bits per heavy atom. The van der Waals surface area contributed by atoms with Gasteiger partial charge in [0.05, 0.1) is 12.5 Å². The molecule has 7 rings (SSSR count). The van der Waals surface area contributed by atoms with Crippen molar-refractivity contribution in [3.8, 4) is 11.4 Å². The summed E-state index contributed by atoms with van der Waals surface area (Å²) in [5.41, 5.74) is 7.84. The van der Waals surface area contributed by atoms with Crippen molar-refractivity contribution >= 4 is 28.8 Å². The van der Waals surface area contributed by atoms with Crippen molar-refractivity contribution in [2.45, 2.75) is 12.8 Å². The molecule has 0 bridgehead atoms. The molecule has 1 aromatic heterocycles. The number of aromatic nitrogens is 2. The second kappa shape index (κ2) is 12.4. The third-order valence-corrected chi connectivity index (χ3v) is 8.97. The zero-order valence-corrected chi connectivity index (χ0v) is 24.7. The summed E-state index contributed by atoms with van der Waals surface area (Å²) in [7, 11) is 0. The third-order valence-electron chi connectivity index (χ3n) is 8.97. The lowest BCUT2D eigenvalue weighted by molar-refractivity contribution is -0.132. The minimum Gasteiger partial charge on any atom is -0.368 e. The number of piperazine rings is 1. The SMILES string of the molecule is O=C(Nc1ccc2c(c1)C(c1ccccc1)=CC2)C1CCN(CC(=O)N2CCN(c3ccc(-c4ncccn4)cc3)CC2)C1. The lowest BCUT2D eigenvalue weighted by Gasteiger charge is -2.36. The molecule has 3 aliphatic rings. The van der Waals surface area contributed by atoms with Crippen molar-refractivity contribution in [1.82, 2.24) is 19.8 Å². The second-order valence-electron chi connectivity index (χ2n) is 11.8. The molecule has 1 unspecified atom stereocenters. The van der Waals surface area contributed by atoms with Gasteiger partial charge in [-0.05, 0) is 84.1 Å². The van der Waals surface area contributed by atoms with Crippen molar-refractivity contribution < 1.29 is 9.59 Å². The van der Waals surface area contributed by atoms with Crippen LogP contribution in [0.5, 0.6) is 0 Å². The zero-order valence-electron chi connectivity index (χ0n) is 24.7. The summed E-state index contributed by atoms with van der Waals surface area (Å²) >= 11 is 0.